The number of nitrogens with one attached hydrogen (secondary N) is 2. The van der Waals surface area contributed by atoms with Gasteiger partial charge < -0.3 is 10.1 Å². The van der Waals surface area contributed by atoms with Gasteiger partial charge >= 0.3 is 10.3 Å². The molecule has 2 aromatic rings. The van der Waals surface area contributed by atoms with E-state index < -0.39 is 16.2 Å². The van der Waals surface area contributed by atoms with Crippen LogP contribution in [0.3, 0.4) is 0 Å². The summed E-state index contributed by atoms with van der Waals surface area (Å²) in [6.07, 6.45) is 2.22. The monoisotopic (exact) mass is 370 g/mol. The Labute approximate surface area is 144 Å². The van der Waals surface area contributed by atoms with Gasteiger partial charge in [0.2, 0.25) is 5.95 Å². The highest BCUT2D eigenvalue weighted by Gasteiger charge is 2.18. The number of nitrogens with zero attached hydrogens (tertiary/aromatic N) is 2. The van der Waals surface area contributed by atoms with Crippen molar-refractivity contribution in [2.75, 3.05) is 18.4 Å². The third kappa shape index (κ3) is 5.24. The molecule has 1 aromatic carbocycles. The van der Waals surface area contributed by atoms with Gasteiger partial charge in [-0.3, -0.25) is 4.55 Å². The van der Waals surface area contributed by atoms with Gasteiger partial charge in [0.05, 0.1) is 11.6 Å². The smallest absolute Gasteiger partial charge is 0.333 e. The summed E-state index contributed by atoms with van der Waals surface area (Å²) in [5.41, 5.74) is 1.09. The van der Waals surface area contributed by atoms with Crippen LogP contribution < -0.4 is 10.0 Å². The van der Waals surface area contributed by atoms with Gasteiger partial charge in [0, 0.05) is 24.3 Å². The lowest BCUT2D eigenvalue weighted by atomic mass is 9.97. The minimum atomic E-state index is -4.24. The molecule has 0 aliphatic heterocycles. The minimum Gasteiger partial charge on any atom is -0.353 e. The zero-order chi connectivity index (χ0) is 17.6. The summed E-state index contributed by atoms with van der Waals surface area (Å²) in [7, 11) is -4.24. The van der Waals surface area contributed by atoms with Crippen LogP contribution in [0.15, 0.2) is 36.5 Å². The third-order valence-electron chi connectivity index (χ3n) is 3.06. The summed E-state index contributed by atoms with van der Waals surface area (Å²) in [6.45, 7) is 0.106. The van der Waals surface area contributed by atoms with Crippen LogP contribution in [-0.4, -0.2) is 42.3 Å². The first-order valence-electron chi connectivity index (χ1n) is 6.89. The number of halogens is 1. The fraction of sp³-hybridized carbons (Fsp3) is 0.214. The van der Waals surface area contributed by atoms with E-state index in [4.69, 9.17) is 16.2 Å². The fourth-order valence-corrected chi connectivity index (χ4v) is 2.63. The van der Waals surface area contributed by atoms with Crippen LogP contribution in [-0.2, 0) is 15.1 Å². The zero-order valence-electron chi connectivity index (χ0n) is 12.4. The molecule has 0 saturated heterocycles. The lowest BCUT2D eigenvalue weighted by Gasteiger charge is -2.13. The van der Waals surface area contributed by atoms with Crippen LogP contribution >= 0.6 is 11.6 Å². The van der Waals surface area contributed by atoms with E-state index in [2.05, 4.69) is 15.3 Å². The van der Waals surface area contributed by atoms with E-state index in [-0.39, 0.29) is 19.0 Å². The molecule has 0 aliphatic rings. The van der Waals surface area contributed by atoms with E-state index in [1.807, 2.05) is 4.72 Å². The van der Waals surface area contributed by atoms with E-state index in [0.29, 0.717) is 16.3 Å². The molecule has 0 amide bonds. The molecule has 2 rings (SSSR count). The van der Waals surface area contributed by atoms with Crippen molar-refractivity contribution in [2.45, 2.75) is 5.92 Å². The Morgan fingerprint density at radius 2 is 2.00 bits per heavy atom. The number of aldehydes is 1. The molecule has 1 atom stereocenters. The van der Waals surface area contributed by atoms with E-state index >= 15 is 0 Å². The van der Waals surface area contributed by atoms with Crippen molar-refractivity contribution in [3.63, 3.8) is 0 Å². The molecule has 0 spiro atoms. The van der Waals surface area contributed by atoms with E-state index in [1.165, 1.54) is 6.20 Å². The topological polar surface area (TPSA) is 121 Å². The van der Waals surface area contributed by atoms with Crippen molar-refractivity contribution in [1.29, 1.82) is 0 Å². The summed E-state index contributed by atoms with van der Waals surface area (Å²) in [5.74, 6) is -0.415. The minimum absolute atomic E-state index is 0.0476. The second-order valence-corrected chi connectivity index (χ2v) is 6.38. The molecule has 0 radical (unpaired) electrons. The van der Waals surface area contributed by atoms with E-state index in [1.54, 1.807) is 30.3 Å². The number of hydrogen-bond acceptors (Lipinski definition) is 6. The van der Waals surface area contributed by atoms with Crippen molar-refractivity contribution >= 4 is 34.1 Å². The number of anilines is 1. The number of rotatable bonds is 8. The van der Waals surface area contributed by atoms with Crippen molar-refractivity contribution < 1.29 is 17.8 Å². The van der Waals surface area contributed by atoms with Crippen LogP contribution in [0, 0.1) is 0 Å². The van der Waals surface area contributed by atoms with Gasteiger partial charge in [0.15, 0.2) is 0 Å². The first-order chi connectivity index (χ1) is 11.4. The predicted octanol–water partition coefficient (Wildman–Crippen LogP) is 1.27. The number of benzene rings is 1. The summed E-state index contributed by atoms with van der Waals surface area (Å²) in [5, 5.41) is 3.25. The lowest BCUT2D eigenvalue weighted by molar-refractivity contribution is -0.108. The first-order valence-corrected chi connectivity index (χ1v) is 8.71. The average Bonchev–Trinajstić information content (AvgIpc) is 2.54. The lowest BCUT2D eigenvalue weighted by Crippen LogP contribution is -2.28. The van der Waals surface area contributed by atoms with Crippen LogP contribution in [0.1, 0.15) is 17.2 Å². The predicted molar refractivity (Wildman–Crippen MR) is 89.4 cm³/mol. The molecule has 0 fully saturated rings. The fourth-order valence-electron chi connectivity index (χ4n) is 2.02. The summed E-state index contributed by atoms with van der Waals surface area (Å²) in [4.78, 5) is 19.7. The molecule has 0 saturated carbocycles. The Balaban J connectivity index is 2.11. The van der Waals surface area contributed by atoms with Gasteiger partial charge in [0.25, 0.3) is 0 Å². The molecule has 1 aromatic heterocycles. The SMILES string of the molecule is O=CC(c1ccnc(NCCNS(=O)(=O)O)n1)c1ccccc1Cl. The van der Waals surface area contributed by atoms with Crippen LogP contribution in [0.5, 0.6) is 0 Å². The third-order valence-corrected chi connectivity index (χ3v) is 3.98. The Hall–Kier alpha value is -2.07. The van der Waals surface area contributed by atoms with Crippen molar-refractivity contribution in [3.8, 4) is 0 Å². The van der Waals surface area contributed by atoms with Gasteiger partial charge in [-0.2, -0.15) is 13.1 Å². The number of carbonyl (C=O) groups is 1. The molecule has 8 nitrogen and oxygen atoms in total. The first kappa shape index (κ1) is 18.3. The maximum atomic E-state index is 11.5. The maximum absolute atomic E-state index is 11.5. The van der Waals surface area contributed by atoms with Crippen molar-refractivity contribution in [3.05, 3.63) is 52.8 Å². The molecule has 1 heterocycles. The van der Waals surface area contributed by atoms with Crippen molar-refractivity contribution in [2.24, 2.45) is 0 Å². The molecule has 0 bridgehead atoms. The van der Waals surface area contributed by atoms with E-state index in [9.17, 15) is 13.2 Å². The largest absolute Gasteiger partial charge is 0.353 e. The number of carbonyl (C=O) groups excluding carboxylic acids is 1. The molecule has 1 unspecified atom stereocenters. The van der Waals surface area contributed by atoms with E-state index in [0.717, 1.165) is 6.29 Å². The van der Waals surface area contributed by atoms with Gasteiger partial charge in [-0.1, -0.05) is 29.8 Å². The molecule has 0 aliphatic carbocycles. The van der Waals surface area contributed by atoms with Gasteiger partial charge in [0.1, 0.15) is 6.29 Å². The zero-order valence-corrected chi connectivity index (χ0v) is 14.0. The molecule has 128 valence electrons. The second-order valence-electron chi connectivity index (χ2n) is 4.74. The molecular formula is C14H15ClN4O4S. The molecule has 10 heteroatoms. The maximum Gasteiger partial charge on any atom is 0.333 e. The summed E-state index contributed by atoms with van der Waals surface area (Å²) in [6, 6.07) is 8.58. The highest BCUT2D eigenvalue weighted by atomic mass is 35.5. The molecular weight excluding hydrogens is 356 g/mol. The highest BCUT2D eigenvalue weighted by Crippen LogP contribution is 2.27. The Morgan fingerprint density at radius 1 is 1.25 bits per heavy atom. The quantitative estimate of drug-likeness (QED) is 0.363. The molecule has 3 N–H and O–H groups in total. The van der Waals surface area contributed by atoms with Gasteiger partial charge in [-0.25, -0.2) is 9.97 Å². The standard InChI is InChI=1S/C14H15ClN4O4S/c15-12-4-2-1-3-10(12)11(9-20)13-5-6-16-14(19-13)17-7-8-18-24(21,22)23/h1-6,9,11,18H,7-8H2,(H,16,17,19)(H,21,22,23). The van der Waals surface area contributed by atoms with Gasteiger partial charge in [-0.05, 0) is 17.7 Å². The van der Waals surface area contributed by atoms with Gasteiger partial charge in [-0.15, -0.1) is 0 Å². The summed E-state index contributed by atoms with van der Waals surface area (Å²) < 4.78 is 31.6. The Bertz CT molecular complexity index is 816. The van der Waals surface area contributed by atoms with Crippen LogP contribution in [0.2, 0.25) is 5.02 Å². The number of aromatic nitrogens is 2. The Kier molecular flexibility index (Phi) is 6.21. The average molecular weight is 371 g/mol. The highest BCUT2D eigenvalue weighted by molar-refractivity contribution is 7.83. The molecule has 24 heavy (non-hydrogen) atoms. The summed E-state index contributed by atoms with van der Waals surface area (Å²) >= 11 is 6.13. The van der Waals surface area contributed by atoms with Crippen molar-refractivity contribution in [1.82, 2.24) is 14.7 Å². The second kappa shape index (κ2) is 8.15. The van der Waals surface area contributed by atoms with Crippen LogP contribution in [0.4, 0.5) is 5.95 Å². The number of hydrogen-bond donors (Lipinski definition) is 3. The normalized spacial score (nSPS) is 12.6. The van der Waals surface area contributed by atoms with Crippen LogP contribution in [0.25, 0.3) is 0 Å². The Morgan fingerprint density at radius 3 is 2.67 bits per heavy atom.